The summed E-state index contributed by atoms with van der Waals surface area (Å²) >= 11 is 0. The zero-order valence-electron chi connectivity index (χ0n) is 16.6. The zero-order valence-corrected chi connectivity index (χ0v) is 19.0. The molecule has 0 aromatic heterocycles. The summed E-state index contributed by atoms with van der Waals surface area (Å²) in [6, 6.07) is 5.42. The fourth-order valence-electron chi connectivity index (χ4n) is 3.04. The number of aliphatic imine (C=N–C) groups is 1. The molecule has 0 aliphatic carbocycles. The quantitative estimate of drug-likeness (QED) is 0.331. The molecule has 0 saturated carbocycles. The van der Waals surface area contributed by atoms with Gasteiger partial charge in [-0.15, -0.1) is 24.0 Å². The smallest absolute Gasteiger partial charge is 0.191 e. The lowest BCUT2D eigenvalue weighted by Crippen LogP contribution is -2.44. The van der Waals surface area contributed by atoms with Gasteiger partial charge in [-0.25, -0.2) is 4.39 Å². The average Bonchev–Trinajstić information content (AvgIpc) is 2.67. The maximum atomic E-state index is 14.4. The van der Waals surface area contributed by atoms with Crippen LogP contribution in [0.4, 0.5) is 10.1 Å². The van der Waals surface area contributed by atoms with Crippen LogP contribution in [0.5, 0.6) is 0 Å². The van der Waals surface area contributed by atoms with Crippen molar-refractivity contribution in [1.29, 1.82) is 0 Å². The summed E-state index contributed by atoms with van der Waals surface area (Å²) in [5.41, 5.74) is 1.56. The first-order valence-electron chi connectivity index (χ1n) is 9.45. The van der Waals surface area contributed by atoms with Gasteiger partial charge in [0.25, 0.3) is 0 Å². The normalized spacial score (nSPS) is 15.2. The lowest BCUT2D eigenvalue weighted by molar-refractivity contribution is 0.0389. The van der Waals surface area contributed by atoms with Crippen LogP contribution in [-0.2, 0) is 11.3 Å². The summed E-state index contributed by atoms with van der Waals surface area (Å²) in [6.45, 7) is 11.5. The molecular formula is C19H33FIN5O. The number of rotatable bonds is 8. The van der Waals surface area contributed by atoms with Crippen LogP contribution in [0.25, 0.3) is 0 Å². The maximum Gasteiger partial charge on any atom is 0.191 e. The Hall–Kier alpha value is -1.13. The molecule has 27 heavy (non-hydrogen) atoms. The van der Waals surface area contributed by atoms with E-state index in [1.807, 2.05) is 30.9 Å². The Bertz CT molecular complexity index is 577. The van der Waals surface area contributed by atoms with Gasteiger partial charge in [0.1, 0.15) is 5.82 Å². The van der Waals surface area contributed by atoms with Crippen LogP contribution in [0.3, 0.4) is 0 Å². The molecule has 1 saturated heterocycles. The summed E-state index contributed by atoms with van der Waals surface area (Å²) in [5, 5.41) is 6.55. The van der Waals surface area contributed by atoms with E-state index in [0.29, 0.717) is 12.2 Å². The number of nitrogens with zero attached hydrogens (tertiary/aromatic N) is 3. The van der Waals surface area contributed by atoms with Crippen molar-refractivity contribution in [3.8, 4) is 0 Å². The first kappa shape index (κ1) is 23.9. The number of hydrogen-bond donors (Lipinski definition) is 2. The molecule has 2 N–H and O–H groups in total. The van der Waals surface area contributed by atoms with Crippen molar-refractivity contribution in [3.63, 3.8) is 0 Å². The first-order valence-corrected chi connectivity index (χ1v) is 9.45. The standard InChI is InChI=1S/C19H32FN5O.HI/c1-4-25(5-2)18-7-6-16(14-17(18)20)15-23-19(21-3)22-8-9-24-10-12-26-13-11-24;/h6-7,14H,4-5,8-13,15H2,1-3H3,(H2,21,22,23);1H. The number of guanidine groups is 1. The second kappa shape index (κ2) is 13.1. The van der Waals surface area contributed by atoms with Gasteiger partial charge in [-0.1, -0.05) is 6.07 Å². The first-order chi connectivity index (χ1) is 12.7. The molecule has 1 aromatic rings. The van der Waals surface area contributed by atoms with Crippen molar-refractivity contribution >= 4 is 35.6 Å². The number of morpholine rings is 1. The number of halogens is 2. The molecule has 2 rings (SSSR count). The Morgan fingerprint density at radius 2 is 1.93 bits per heavy atom. The molecule has 0 atom stereocenters. The molecular weight excluding hydrogens is 460 g/mol. The predicted octanol–water partition coefficient (Wildman–Crippen LogP) is 2.29. The van der Waals surface area contributed by atoms with Crippen molar-refractivity contribution in [3.05, 3.63) is 29.6 Å². The molecule has 1 aromatic carbocycles. The topological polar surface area (TPSA) is 52.1 Å². The molecule has 6 nitrogen and oxygen atoms in total. The van der Waals surface area contributed by atoms with Gasteiger partial charge in [-0.2, -0.15) is 0 Å². The molecule has 0 radical (unpaired) electrons. The van der Waals surface area contributed by atoms with Gasteiger partial charge in [-0.3, -0.25) is 9.89 Å². The van der Waals surface area contributed by atoms with E-state index in [-0.39, 0.29) is 29.8 Å². The zero-order chi connectivity index (χ0) is 18.8. The summed E-state index contributed by atoms with van der Waals surface area (Å²) in [7, 11) is 1.74. The van der Waals surface area contributed by atoms with Crippen molar-refractivity contribution in [1.82, 2.24) is 15.5 Å². The second-order valence-electron chi connectivity index (χ2n) is 6.26. The molecule has 1 aliphatic heterocycles. The predicted molar refractivity (Wildman–Crippen MR) is 121 cm³/mol. The minimum Gasteiger partial charge on any atom is -0.379 e. The molecule has 0 unspecified atom stereocenters. The lowest BCUT2D eigenvalue weighted by atomic mass is 10.2. The number of benzene rings is 1. The molecule has 8 heteroatoms. The third-order valence-electron chi connectivity index (χ3n) is 4.62. The van der Waals surface area contributed by atoms with E-state index < -0.39 is 0 Å². The Kier molecular flexibility index (Phi) is 11.6. The van der Waals surface area contributed by atoms with Gasteiger partial charge < -0.3 is 20.3 Å². The Balaban J connectivity index is 0.00000364. The van der Waals surface area contributed by atoms with Gasteiger partial charge in [0, 0.05) is 52.9 Å². The maximum absolute atomic E-state index is 14.4. The fraction of sp³-hybridized carbons (Fsp3) is 0.632. The minimum absolute atomic E-state index is 0. The van der Waals surface area contributed by atoms with Crippen LogP contribution < -0.4 is 15.5 Å². The summed E-state index contributed by atoms with van der Waals surface area (Å²) < 4.78 is 19.7. The number of ether oxygens (including phenoxy) is 1. The average molecular weight is 493 g/mol. The largest absolute Gasteiger partial charge is 0.379 e. The highest BCUT2D eigenvalue weighted by molar-refractivity contribution is 14.0. The Morgan fingerprint density at radius 3 is 2.52 bits per heavy atom. The highest BCUT2D eigenvalue weighted by Crippen LogP contribution is 2.20. The summed E-state index contributed by atoms with van der Waals surface area (Å²) in [6.07, 6.45) is 0. The molecule has 0 amide bonds. The van der Waals surface area contributed by atoms with E-state index in [4.69, 9.17) is 4.74 Å². The lowest BCUT2D eigenvalue weighted by Gasteiger charge is -2.26. The Labute approximate surface area is 179 Å². The van der Waals surface area contributed by atoms with Crippen molar-refractivity contribution in [2.45, 2.75) is 20.4 Å². The Morgan fingerprint density at radius 1 is 1.22 bits per heavy atom. The van der Waals surface area contributed by atoms with Crippen LogP contribution in [0.1, 0.15) is 19.4 Å². The van der Waals surface area contributed by atoms with Gasteiger partial charge in [-0.05, 0) is 31.5 Å². The molecule has 154 valence electrons. The van der Waals surface area contributed by atoms with E-state index >= 15 is 0 Å². The second-order valence-corrected chi connectivity index (χ2v) is 6.26. The van der Waals surface area contributed by atoms with E-state index in [9.17, 15) is 4.39 Å². The van der Waals surface area contributed by atoms with Gasteiger partial charge in [0.2, 0.25) is 0 Å². The third-order valence-corrected chi connectivity index (χ3v) is 4.62. The number of nitrogens with one attached hydrogen (secondary N) is 2. The molecule has 1 heterocycles. The van der Waals surface area contributed by atoms with Crippen LogP contribution in [-0.4, -0.2) is 70.4 Å². The van der Waals surface area contributed by atoms with E-state index in [2.05, 4.69) is 20.5 Å². The van der Waals surface area contributed by atoms with Gasteiger partial charge in [0.15, 0.2) is 5.96 Å². The van der Waals surface area contributed by atoms with Crippen LogP contribution >= 0.6 is 24.0 Å². The number of anilines is 1. The van der Waals surface area contributed by atoms with Crippen molar-refractivity contribution in [2.24, 2.45) is 4.99 Å². The van der Waals surface area contributed by atoms with Crippen LogP contribution in [0.15, 0.2) is 23.2 Å². The third kappa shape index (κ3) is 7.79. The van der Waals surface area contributed by atoms with Crippen molar-refractivity contribution < 1.29 is 9.13 Å². The van der Waals surface area contributed by atoms with Gasteiger partial charge in [0.05, 0.1) is 18.9 Å². The van der Waals surface area contributed by atoms with Crippen molar-refractivity contribution in [2.75, 3.05) is 64.4 Å². The van der Waals surface area contributed by atoms with E-state index in [0.717, 1.165) is 64.0 Å². The molecule has 1 aliphatic rings. The number of hydrogen-bond acceptors (Lipinski definition) is 4. The molecule has 0 bridgehead atoms. The monoisotopic (exact) mass is 493 g/mol. The van der Waals surface area contributed by atoms with E-state index in [1.165, 1.54) is 0 Å². The molecule has 0 spiro atoms. The highest BCUT2D eigenvalue weighted by atomic mass is 127. The summed E-state index contributed by atoms with van der Waals surface area (Å²) in [5.74, 6) is 0.551. The molecule has 1 fully saturated rings. The summed E-state index contributed by atoms with van der Waals surface area (Å²) in [4.78, 5) is 8.61. The highest BCUT2D eigenvalue weighted by Gasteiger charge is 2.11. The fourth-order valence-corrected chi connectivity index (χ4v) is 3.04. The SMILES string of the molecule is CCN(CC)c1ccc(CNC(=NC)NCCN2CCOCC2)cc1F.I. The van der Waals surface area contributed by atoms with Crippen LogP contribution in [0, 0.1) is 5.82 Å². The minimum atomic E-state index is -0.178. The van der Waals surface area contributed by atoms with Crippen LogP contribution in [0.2, 0.25) is 0 Å². The van der Waals surface area contributed by atoms with E-state index in [1.54, 1.807) is 13.1 Å². The van der Waals surface area contributed by atoms with Gasteiger partial charge >= 0.3 is 0 Å².